The van der Waals surface area contributed by atoms with Crippen molar-refractivity contribution in [3.05, 3.63) is 22.2 Å². The predicted molar refractivity (Wildman–Crippen MR) is 69.5 cm³/mol. The Morgan fingerprint density at radius 3 is 2.65 bits per heavy atom. The molecule has 1 N–H and O–H groups in total. The molecule has 20 heavy (non-hydrogen) atoms. The Kier molecular flexibility index (Phi) is 3.56. The lowest BCUT2D eigenvalue weighted by Gasteiger charge is -2.14. The summed E-state index contributed by atoms with van der Waals surface area (Å²) < 4.78 is 40.9. The van der Waals surface area contributed by atoms with Crippen molar-refractivity contribution in [3.8, 4) is 6.07 Å². The molecule has 2 rings (SSSR count). The third-order valence-electron chi connectivity index (χ3n) is 2.78. The number of alkyl halides is 3. The van der Waals surface area contributed by atoms with E-state index in [2.05, 4.69) is 9.97 Å². The van der Waals surface area contributed by atoms with Crippen LogP contribution in [0.2, 0.25) is 0 Å². The van der Waals surface area contributed by atoms with Crippen LogP contribution in [0.5, 0.6) is 0 Å². The van der Waals surface area contributed by atoms with Crippen LogP contribution in [0.3, 0.4) is 0 Å². The van der Waals surface area contributed by atoms with Crippen molar-refractivity contribution in [2.24, 2.45) is 5.92 Å². The molecular formula is C12H11F3N4S. The van der Waals surface area contributed by atoms with Crippen molar-refractivity contribution < 1.29 is 13.2 Å². The molecule has 0 spiro atoms. The van der Waals surface area contributed by atoms with E-state index in [1.165, 1.54) is 6.33 Å². The molecular weight excluding hydrogens is 289 g/mol. The van der Waals surface area contributed by atoms with Crippen molar-refractivity contribution in [1.82, 2.24) is 14.5 Å². The minimum Gasteiger partial charge on any atom is -0.343 e. The Balaban J connectivity index is 2.98. The summed E-state index contributed by atoms with van der Waals surface area (Å²) >= 11 is 5.01. The Morgan fingerprint density at radius 2 is 2.15 bits per heavy atom. The molecule has 0 aromatic carbocycles. The van der Waals surface area contributed by atoms with Crippen LogP contribution in [0.25, 0.3) is 11.0 Å². The first kappa shape index (κ1) is 14.5. The van der Waals surface area contributed by atoms with Crippen LogP contribution in [-0.4, -0.2) is 14.5 Å². The first-order valence-electron chi connectivity index (χ1n) is 5.84. The maximum Gasteiger partial charge on any atom is 0.432 e. The summed E-state index contributed by atoms with van der Waals surface area (Å²) in [7, 11) is 0. The van der Waals surface area contributed by atoms with Gasteiger partial charge in [-0.1, -0.05) is 26.1 Å². The average molecular weight is 300 g/mol. The van der Waals surface area contributed by atoms with Gasteiger partial charge in [0.1, 0.15) is 22.8 Å². The molecule has 0 saturated heterocycles. The Labute approximate surface area is 117 Å². The largest absolute Gasteiger partial charge is 0.432 e. The molecule has 0 unspecified atom stereocenters. The van der Waals surface area contributed by atoms with Gasteiger partial charge in [-0.15, -0.1) is 0 Å². The smallest absolute Gasteiger partial charge is 0.343 e. The molecule has 0 fully saturated rings. The number of fused-ring (bicyclic) bond motifs is 1. The minimum atomic E-state index is -4.63. The lowest BCUT2D eigenvalue weighted by molar-refractivity contribution is -0.143. The normalized spacial score (nSPS) is 12.1. The first-order chi connectivity index (χ1) is 9.27. The zero-order valence-electron chi connectivity index (χ0n) is 10.7. The number of rotatable bonds is 2. The SMILES string of the molecule is CC(C)Cn1c(C(F)(F)F)c(C#N)c2[nH]cnc(=S)c21. The lowest BCUT2D eigenvalue weighted by Crippen LogP contribution is -2.17. The molecule has 0 bridgehead atoms. The van der Waals surface area contributed by atoms with Crippen LogP contribution in [-0.2, 0) is 12.7 Å². The van der Waals surface area contributed by atoms with Gasteiger partial charge in [-0.2, -0.15) is 18.4 Å². The van der Waals surface area contributed by atoms with Crippen LogP contribution >= 0.6 is 12.2 Å². The third kappa shape index (κ3) is 2.29. The molecule has 106 valence electrons. The fourth-order valence-electron chi connectivity index (χ4n) is 2.15. The van der Waals surface area contributed by atoms with Crippen LogP contribution in [0, 0.1) is 21.9 Å². The quantitative estimate of drug-likeness (QED) is 0.861. The summed E-state index contributed by atoms with van der Waals surface area (Å²) in [6, 6.07) is 1.62. The van der Waals surface area contributed by atoms with E-state index in [1.54, 1.807) is 19.9 Å². The molecule has 0 atom stereocenters. The molecule has 0 saturated carbocycles. The molecule has 0 aliphatic carbocycles. The predicted octanol–water partition coefficient (Wildman–Crippen LogP) is 3.64. The van der Waals surface area contributed by atoms with Crippen LogP contribution in [0.1, 0.15) is 25.1 Å². The minimum absolute atomic E-state index is 0.0344. The zero-order valence-corrected chi connectivity index (χ0v) is 11.6. The van der Waals surface area contributed by atoms with Crippen LogP contribution < -0.4 is 0 Å². The topological polar surface area (TPSA) is 57.4 Å². The van der Waals surface area contributed by atoms with Crippen molar-refractivity contribution in [1.29, 1.82) is 5.26 Å². The average Bonchev–Trinajstić information content (AvgIpc) is 2.63. The maximum atomic E-state index is 13.3. The number of aromatic amines is 1. The van der Waals surface area contributed by atoms with E-state index in [4.69, 9.17) is 17.5 Å². The van der Waals surface area contributed by atoms with E-state index in [1.807, 2.05) is 0 Å². The summed E-state index contributed by atoms with van der Waals surface area (Å²) in [5.74, 6) is -0.0344. The van der Waals surface area contributed by atoms with Gasteiger partial charge in [-0.05, 0) is 5.92 Å². The van der Waals surface area contributed by atoms with Crippen molar-refractivity contribution >= 4 is 23.3 Å². The van der Waals surface area contributed by atoms with Gasteiger partial charge in [0.25, 0.3) is 0 Å². The summed E-state index contributed by atoms with van der Waals surface area (Å²) in [5.41, 5.74) is -1.18. The van der Waals surface area contributed by atoms with Gasteiger partial charge in [0.05, 0.1) is 11.8 Å². The fraction of sp³-hybridized carbons (Fsp3) is 0.417. The molecule has 2 aromatic rings. The van der Waals surface area contributed by atoms with Gasteiger partial charge in [-0.3, -0.25) is 0 Å². The second kappa shape index (κ2) is 4.90. The van der Waals surface area contributed by atoms with Gasteiger partial charge in [0.2, 0.25) is 0 Å². The number of nitrogens with one attached hydrogen (secondary N) is 1. The number of halogens is 3. The van der Waals surface area contributed by atoms with Crippen molar-refractivity contribution in [2.75, 3.05) is 0 Å². The fourth-order valence-corrected chi connectivity index (χ4v) is 2.41. The molecule has 4 nitrogen and oxygen atoms in total. The summed E-state index contributed by atoms with van der Waals surface area (Å²) in [5, 5.41) is 9.08. The maximum absolute atomic E-state index is 13.3. The van der Waals surface area contributed by atoms with Gasteiger partial charge in [0, 0.05) is 6.54 Å². The summed E-state index contributed by atoms with van der Waals surface area (Å²) in [4.78, 5) is 6.40. The second-order valence-corrected chi connectivity index (χ2v) is 5.16. The van der Waals surface area contributed by atoms with Crippen LogP contribution in [0.15, 0.2) is 6.33 Å². The molecule has 0 amide bonds. The third-order valence-corrected chi connectivity index (χ3v) is 3.08. The van der Waals surface area contributed by atoms with Gasteiger partial charge >= 0.3 is 6.18 Å². The molecule has 8 heteroatoms. The van der Waals surface area contributed by atoms with E-state index in [9.17, 15) is 13.2 Å². The first-order valence-corrected chi connectivity index (χ1v) is 6.25. The summed E-state index contributed by atoms with van der Waals surface area (Å²) in [6.07, 6.45) is -3.43. The Hall–Kier alpha value is -1.88. The zero-order chi connectivity index (χ0) is 15.1. The molecule has 2 aromatic heterocycles. The molecule has 0 aliphatic rings. The molecule has 0 radical (unpaired) electrons. The Morgan fingerprint density at radius 1 is 1.50 bits per heavy atom. The van der Waals surface area contributed by atoms with Crippen LogP contribution in [0.4, 0.5) is 13.2 Å². The number of H-pyrrole nitrogens is 1. The standard InChI is InChI=1S/C12H11F3N4S/c1-6(2)4-19-9-8(17-5-18-11(9)20)7(3-16)10(19)12(13,14)15/h5-6H,4H2,1-2H3,(H,17,18,20). The molecule has 0 aliphatic heterocycles. The van der Waals surface area contributed by atoms with Gasteiger partial charge < -0.3 is 9.55 Å². The van der Waals surface area contributed by atoms with Gasteiger partial charge in [-0.25, -0.2) is 4.98 Å². The Bertz CT molecular complexity index is 749. The second-order valence-electron chi connectivity index (χ2n) is 4.77. The number of nitriles is 1. The number of hydrogen-bond acceptors (Lipinski definition) is 3. The number of nitrogens with zero attached hydrogens (tertiary/aromatic N) is 3. The monoisotopic (exact) mass is 300 g/mol. The lowest BCUT2D eigenvalue weighted by atomic mass is 10.2. The highest BCUT2D eigenvalue weighted by Crippen LogP contribution is 2.37. The van der Waals surface area contributed by atoms with E-state index in [-0.39, 0.29) is 28.1 Å². The highest BCUT2D eigenvalue weighted by molar-refractivity contribution is 7.71. The van der Waals surface area contributed by atoms with E-state index in [0.717, 1.165) is 4.57 Å². The highest BCUT2D eigenvalue weighted by atomic mass is 32.1. The molecule has 2 heterocycles. The van der Waals surface area contributed by atoms with Crippen molar-refractivity contribution in [2.45, 2.75) is 26.6 Å². The van der Waals surface area contributed by atoms with E-state index in [0.29, 0.717) is 0 Å². The summed E-state index contributed by atoms with van der Waals surface area (Å²) in [6.45, 7) is 3.69. The highest BCUT2D eigenvalue weighted by Gasteiger charge is 2.40. The van der Waals surface area contributed by atoms with Gasteiger partial charge in [0.15, 0.2) is 4.64 Å². The number of hydrogen-bond donors (Lipinski definition) is 1. The van der Waals surface area contributed by atoms with E-state index < -0.39 is 17.4 Å². The number of aromatic nitrogens is 3. The van der Waals surface area contributed by atoms with Crippen molar-refractivity contribution in [3.63, 3.8) is 0 Å². The van der Waals surface area contributed by atoms with E-state index >= 15 is 0 Å².